The van der Waals surface area contributed by atoms with Crippen LogP contribution in [0.4, 0.5) is 29.7 Å². The molecule has 2 heterocycles. The number of imidazole rings is 1. The molecule has 0 radical (unpaired) electrons. The van der Waals surface area contributed by atoms with Crippen molar-refractivity contribution in [2.75, 3.05) is 29.1 Å². The topological polar surface area (TPSA) is 121 Å². The molecule has 0 unspecified atom stereocenters. The lowest BCUT2D eigenvalue weighted by Gasteiger charge is -2.14. The number of amides is 2. The minimum atomic E-state index is -4.66. The number of aromatic nitrogens is 3. The van der Waals surface area contributed by atoms with Crippen LogP contribution in [0.3, 0.4) is 0 Å². The maximum Gasteiger partial charge on any atom is 0.416 e. The van der Waals surface area contributed by atoms with Gasteiger partial charge in [-0.25, -0.2) is 9.97 Å². The Labute approximate surface area is 219 Å². The van der Waals surface area contributed by atoms with E-state index in [0.717, 1.165) is 23.5 Å². The molecule has 0 spiro atoms. The molecule has 4 N–H and O–H groups in total. The number of aryl methyl sites for hydroxylation is 2. The molecule has 198 valence electrons. The Hall–Kier alpha value is -4.23. The van der Waals surface area contributed by atoms with Crippen molar-refractivity contribution >= 4 is 39.7 Å². The van der Waals surface area contributed by atoms with E-state index in [2.05, 4.69) is 25.9 Å². The highest BCUT2D eigenvalue weighted by molar-refractivity contribution is 7.17. The number of thiazole rings is 1. The van der Waals surface area contributed by atoms with E-state index in [-0.39, 0.29) is 23.5 Å². The number of aliphatic hydroxyl groups excluding tert-OH is 1. The number of halogens is 3. The van der Waals surface area contributed by atoms with E-state index in [9.17, 15) is 22.8 Å². The Morgan fingerprint density at radius 2 is 1.84 bits per heavy atom. The van der Waals surface area contributed by atoms with E-state index in [1.807, 2.05) is 0 Å². The maximum absolute atomic E-state index is 13.6. The van der Waals surface area contributed by atoms with Crippen LogP contribution in [-0.4, -0.2) is 44.6 Å². The summed E-state index contributed by atoms with van der Waals surface area (Å²) in [6, 6.07) is 7.84. The van der Waals surface area contributed by atoms with Gasteiger partial charge in [-0.05, 0) is 49.7 Å². The molecule has 0 aliphatic carbocycles. The fourth-order valence-corrected chi connectivity index (χ4v) is 4.20. The predicted molar refractivity (Wildman–Crippen MR) is 138 cm³/mol. The van der Waals surface area contributed by atoms with Crippen LogP contribution >= 0.6 is 11.3 Å². The fraction of sp³-hybridized carbons (Fsp3) is 0.200. The molecule has 2 aromatic carbocycles. The molecule has 0 fully saturated rings. The second kappa shape index (κ2) is 11.0. The zero-order chi connectivity index (χ0) is 27.4. The van der Waals surface area contributed by atoms with E-state index < -0.39 is 23.6 Å². The van der Waals surface area contributed by atoms with Gasteiger partial charge < -0.3 is 25.6 Å². The summed E-state index contributed by atoms with van der Waals surface area (Å²) < 4.78 is 42.1. The minimum absolute atomic E-state index is 0.0795. The largest absolute Gasteiger partial charge is 0.416 e. The molecule has 0 saturated carbocycles. The number of aliphatic hydroxyl groups is 1. The Bertz CT molecular complexity index is 1480. The summed E-state index contributed by atoms with van der Waals surface area (Å²) in [5, 5.41) is 17.6. The maximum atomic E-state index is 13.6. The van der Waals surface area contributed by atoms with Gasteiger partial charge in [-0.15, -0.1) is 0 Å². The highest BCUT2D eigenvalue weighted by Gasteiger charge is 2.32. The van der Waals surface area contributed by atoms with Crippen molar-refractivity contribution in [1.82, 2.24) is 14.5 Å². The van der Waals surface area contributed by atoms with Crippen molar-refractivity contribution in [3.8, 4) is 5.69 Å². The molecule has 4 aromatic rings. The van der Waals surface area contributed by atoms with Gasteiger partial charge in [0.25, 0.3) is 11.8 Å². The molecule has 9 nitrogen and oxygen atoms in total. The van der Waals surface area contributed by atoms with Crippen molar-refractivity contribution in [2.45, 2.75) is 20.0 Å². The van der Waals surface area contributed by atoms with E-state index in [1.165, 1.54) is 29.2 Å². The molecule has 0 aliphatic heterocycles. The van der Waals surface area contributed by atoms with Crippen LogP contribution in [0.1, 0.15) is 36.9 Å². The second-order valence-corrected chi connectivity index (χ2v) is 9.34. The lowest BCUT2D eigenvalue weighted by Crippen LogP contribution is -2.16. The fourth-order valence-electron chi connectivity index (χ4n) is 3.46. The lowest BCUT2D eigenvalue weighted by molar-refractivity contribution is -0.137. The summed E-state index contributed by atoms with van der Waals surface area (Å²) in [5.74, 6) is -1.18. The van der Waals surface area contributed by atoms with E-state index in [4.69, 9.17) is 5.11 Å². The number of rotatable bonds is 8. The van der Waals surface area contributed by atoms with Crippen LogP contribution in [0.25, 0.3) is 5.69 Å². The average Bonchev–Trinajstić information content (AvgIpc) is 3.53. The van der Waals surface area contributed by atoms with Gasteiger partial charge in [0.05, 0.1) is 30.4 Å². The molecule has 2 aromatic heterocycles. The number of alkyl halides is 3. The first-order chi connectivity index (χ1) is 18.0. The monoisotopic (exact) mass is 544 g/mol. The highest BCUT2D eigenvalue weighted by Crippen LogP contribution is 2.32. The number of nitrogens with one attached hydrogen (secondary N) is 3. The van der Waals surface area contributed by atoms with E-state index >= 15 is 0 Å². The standard InChI is InChI=1S/C25H23F3N6O3S/c1-14-3-4-18(10-20(14)33-23(37)21-11-30-24(38-21)29-5-6-35)32-22(36)16-7-17(25(26,27)28)9-19(8-16)34-12-15(2)31-13-34/h3-4,7-13,35H,5-6H2,1-2H3,(H,29,30)(H,32,36)(H,33,37). The number of carbonyl (C=O) groups is 2. The van der Waals surface area contributed by atoms with Gasteiger partial charge in [-0.1, -0.05) is 17.4 Å². The van der Waals surface area contributed by atoms with Gasteiger partial charge in [-0.3, -0.25) is 9.59 Å². The molecule has 0 atom stereocenters. The van der Waals surface area contributed by atoms with Gasteiger partial charge in [0, 0.05) is 35.4 Å². The predicted octanol–water partition coefficient (Wildman–Crippen LogP) is 4.87. The first kappa shape index (κ1) is 26.8. The van der Waals surface area contributed by atoms with Gasteiger partial charge in [0.15, 0.2) is 5.13 Å². The van der Waals surface area contributed by atoms with Crippen molar-refractivity contribution in [3.05, 3.63) is 82.4 Å². The zero-order valence-electron chi connectivity index (χ0n) is 20.3. The summed E-state index contributed by atoms with van der Waals surface area (Å²) in [6.45, 7) is 3.68. The SMILES string of the molecule is Cc1cn(-c2cc(C(=O)Nc3ccc(C)c(NC(=O)c4cnc(NCCO)s4)c3)cc(C(F)(F)F)c2)cn1. The number of nitrogens with zero attached hydrogens (tertiary/aromatic N) is 3. The van der Waals surface area contributed by atoms with Crippen LogP contribution in [0.2, 0.25) is 0 Å². The third-order valence-corrected chi connectivity index (χ3v) is 6.33. The zero-order valence-corrected chi connectivity index (χ0v) is 21.1. The summed E-state index contributed by atoms with van der Waals surface area (Å²) in [6.07, 6.45) is -0.336. The molecule has 0 aliphatic rings. The molecule has 4 rings (SSSR count). The average molecular weight is 545 g/mol. The Morgan fingerprint density at radius 1 is 1.05 bits per heavy atom. The van der Waals surface area contributed by atoms with E-state index in [0.29, 0.717) is 33.5 Å². The third kappa shape index (κ3) is 6.36. The smallest absolute Gasteiger partial charge is 0.395 e. The van der Waals surface area contributed by atoms with Crippen molar-refractivity contribution in [3.63, 3.8) is 0 Å². The number of hydrogen-bond acceptors (Lipinski definition) is 7. The Balaban J connectivity index is 1.55. The third-order valence-electron chi connectivity index (χ3n) is 5.38. The minimum Gasteiger partial charge on any atom is -0.395 e. The summed E-state index contributed by atoms with van der Waals surface area (Å²) in [7, 11) is 0. The number of benzene rings is 2. The van der Waals surface area contributed by atoms with Crippen LogP contribution in [0.5, 0.6) is 0 Å². The molecule has 0 bridgehead atoms. The van der Waals surface area contributed by atoms with E-state index in [1.54, 1.807) is 32.2 Å². The Morgan fingerprint density at radius 3 is 2.53 bits per heavy atom. The summed E-state index contributed by atoms with van der Waals surface area (Å²) >= 11 is 1.11. The molecule has 38 heavy (non-hydrogen) atoms. The van der Waals surface area contributed by atoms with Crippen molar-refractivity contribution in [2.24, 2.45) is 0 Å². The van der Waals surface area contributed by atoms with Crippen LogP contribution in [0.15, 0.2) is 55.1 Å². The van der Waals surface area contributed by atoms with Gasteiger partial charge in [-0.2, -0.15) is 13.2 Å². The quantitative estimate of drug-likeness (QED) is 0.251. The molecular weight excluding hydrogens is 521 g/mol. The molecule has 13 heteroatoms. The lowest BCUT2D eigenvalue weighted by atomic mass is 10.1. The molecule has 0 saturated heterocycles. The summed E-state index contributed by atoms with van der Waals surface area (Å²) in [5.41, 5.74) is 0.975. The Kier molecular flexibility index (Phi) is 7.78. The van der Waals surface area contributed by atoms with Crippen LogP contribution in [0, 0.1) is 13.8 Å². The number of anilines is 3. The molecular formula is C25H23F3N6O3S. The normalized spacial score (nSPS) is 11.3. The second-order valence-electron chi connectivity index (χ2n) is 8.31. The first-order valence-electron chi connectivity index (χ1n) is 11.3. The number of hydrogen-bond donors (Lipinski definition) is 4. The number of carbonyl (C=O) groups excluding carboxylic acids is 2. The summed E-state index contributed by atoms with van der Waals surface area (Å²) in [4.78, 5) is 34.1. The highest BCUT2D eigenvalue weighted by atomic mass is 32.1. The van der Waals surface area contributed by atoms with Crippen molar-refractivity contribution < 1.29 is 27.9 Å². The van der Waals surface area contributed by atoms with Crippen molar-refractivity contribution in [1.29, 1.82) is 0 Å². The van der Waals surface area contributed by atoms with Gasteiger partial charge >= 0.3 is 6.18 Å². The van der Waals surface area contributed by atoms with Gasteiger partial charge in [0.1, 0.15) is 4.88 Å². The van der Waals surface area contributed by atoms with Gasteiger partial charge in [0.2, 0.25) is 0 Å². The molecule has 2 amide bonds. The van der Waals surface area contributed by atoms with Crippen LogP contribution < -0.4 is 16.0 Å². The first-order valence-corrected chi connectivity index (χ1v) is 12.1. The van der Waals surface area contributed by atoms with Crippen LogP contribution in [-0.2, 0) is 6.18 Å².